The maximum Gasteiger partial charge on any atom is 0.332 e. The zero-order valence-electron chi connectivity index (χ0n) is 16.4. The molecule has 0 aliphatic heterocycles. The first-order valence-electron chi connectivity index (χ1n) is 9.06. The summed E-state index contributed by atoms with van der Waals surface area (Å²) in [5.74, 6) is 0.314. The van der Waals surface area contributed by atoms with Gasteiger partial charge in [0.15, 0.2) is 11.2 Å². The fourth-order valence-electron chi connectivity index (χ4n) is 2.99. The number of hydrogen-bond donors (Lipinski definition) is 1. The molecule has 0 saturated carbocycles. The van der Waals surface area contributed by atoms with E-state index in [1.165, 1.54) is 22.5 Å². The van der Waals surface area contributed by atoms with Crippen LogP contribution in [-0.4, -0.2) is 37.7 Å². The molecule has 0 saturated heterocycles. The van der Waals surface area contributed by atoms with Crippen molar-refractivity contribution in [2.45, 2.75) is 19.9 Å². The standard InChI is InChI=1S/C19H22ClN5O4/c1-12-9-13(20)5-6-14(12)29-8-4-7-21-15(26)10-25-18(27)16-17(22-11-23(16)2)24(3)19(25)28/h5-6,9,11H,4,7-8,10H2,1-3H3,(H,21,26). The smallest absolute Gasteiger partial charge is 0.332 e. The second kappa shape index (κ2) is 8.52. The highest BCUT2D eigenvalue weighted by atomic mass is 35.5. The van der Waals surface area contributed by atoms with Gasteiger partial charge in [0, 0.05) is 25.7 Å². The normalized spacial score (nSPS) is 11.0. The van der Waals surface area contributed by atoms with Crippen molar-refractivity contribution in [3.8, 4) is 5.75 Å². The Morgan fingerprint density at radius 1 is 1.28 bits per heavy atom. The Hall–Kier alpha value is -3.07. The van der Waals surface area contributed by atoms with Gasteiger partial charge in [0.25, 0.3) is 5.56 Å². The first-order chi connectivity index (χ1) is 13.8. The van der Waals surface area contributed by atoms with E-state index in [2.05, 4.69) is 10.3 Å². The summed E-state index contributed by atoms with van der Waals surface area (Å²) in [6, 6.07) is 5.37. The molecule has 154 valence electrons. The molecule has 0 aliphatic rings. The van der Waals surface area contributed by atoms with E-state index < -0.39 is 17.2 Å². The number of carbonyl (C=O) groups is 1. The minimum Gasteiger partial charge on any atom is -0.493 e. The number of nitrogens with zero attached hydrogens (tertiary/aromatic N) is 4. The number of rotatable bonds is 7. The number of halogens is 1. The molecule has 9 nitrogen and oxygen atoms in total. The van der Waals surface area contributed by atoms with Crippen molar-refractivity contribution in [2.24, 2.45) is 14.1 Å². The number of imidazole rings is 1. The highest BCUT2D eigenvalue weighted by Gasteiger charge is 2.16. The molecule has 0 radical (unpaired) electrons. The first kappa shape index (κ1) is 20.7. The van der Waals surface area contributed by atoms with Crippen molar-refractivity contribution < 1.29 is 9.53 Å². The van der Waals surface area contributed by atoms with Gasteiger partial charge in [-0.3, -0.25) is 14.2 Å². The predicted molar refractivity (Wildman–Crippen MR) is 110 cm³/mol. The number of benzene rings is 1. The van der Waals surface area contributed by atoms with Crippen molar-refractivity contribution in [3.63, 3.8) is 0 Å². The number of nitrogens with one attached hydrogen (secondary N) is 1. The minimum atomic E-state index is -0.585. The summed E-state index contributed by atoms with van der Waals surface area (Å²) < 4.78 is 9.37. The summed E-state index contributed by atoms with van der Waals surface area (Å²) in [5.41, 5.74) is 0.362. The highest BCUT2D eigenvalue weighted by Crippen LogP contribution is 2.21. The van der Waals surface area contributed by atoms with Gasteiger partial charge in [-0.25, -0.2) is 14.3 Å². The van der Waals surface area contributed by atoms with Gasteiger partial charge in [0.1, 0.15) is 12.3 Å². The molecule has 2 heterocycles. The molecule has 3 rings (SSSR count). The molecule has 1 amide bonds. The van der Waals surface area contributed by atoms with E-state index in [0.29, 0.717) is 24.6 Å². The van der Waals surface area contributed by atoms with Crippen molar-refractivity contribution in [3.05, 3.63) is 56.0 Å². The molecule has 10 heteroatoms. The Bertz CT molecular complexity index is 1180. The quantitative estimate of drug-likeness (QED) is 0.575. The van der Waals surface area contributed by atoms with Gasteiger partial charge in [-0.1, -0.05) is 11.6 Å². The average molecular weight is 420 g/mol. The number of aromatic nitrogens is 4. The van der Waals surface area contributed by atoms with Crippen LogP contribution < -0.4 is 21.3 Å². The maximum atomic E-state index is 12.6. The molecule has 0 bridgehead atoms. The van der Waals surface area contributed by atoms with Gasteiger partial charge < -0.3 is 14.6 Å². The van der Waals surface area contributed by atoms with E-state index >= 15 is 0 Å². The maximum absolute atomic E-state index is 12.6. The Balaban J connectivity index is 1.57. The Morgan fingerprint density at radius 2 is 2.03 bits per heavy atom. The minimum absolute atomic E-state index is 0.270. The lowest BCUT2D eigenvalue weighted by molar-refractivity contribution is -0.121. The van der Waals surface area contributed by atoms with Crippen LogP contribution in [0.3, 0.4) is 0 Å². The summed E-state index contributed by atoms with van der Waals surface area (Å²) in [4.78, 5) is 41.3. The molecule has 0 atom stereocenters. The van der Waals surface area contributed by atoms with Gasteiger partial charge in [0.05, 0.1) is 12.9 Å². The lowest BCUT2D eigenvalue weighted by Gasteiger charge is -2.11. The molecule has 0 aliphatic carbocycles. The molecule has 2 aromatic heterocycles. The topological polar surface area (TPSA) is 100 Å². The summed E-state index contributed by atoms with van der Waals surface area (Å²) >= 11 is 5.91. The number of carbonyl (C=O) groups excluding carboxylic acids is 1. The van der Waals surface area contributed by atoms with Crippen LogP contribution in [0.4, 0.5) is 0 Å². The Kier molecular flexibility index (Phi) is 6.07. The van der Waals surface area contributed by atoms with Crippen LogP contribution in [-0.2, 0) is 25.4 Å². The van der Waals surface area contributed by atoms with Crippen molar-refractivity contribution in [2.75, 3.05) is 13.2 Å². The van der Waals surface area contributed by atoms with Gasteiger partial charge in [0.2, 0.25) is 5.91 Å². The van der Waals surface area contributed by atoms with Crippen LogP contribution >= 0.6 is 11.6 Å². The van der Waals surface area contributed by atoms with Gasteiger partial charge >= 0.3 is 5.69 Å². The number of fused-ring (bicyclic) bond motifs is 1. The van der Waals surface area contributed by atoms with Crippen LogP contribution in [0.15, 0.2) is 34.1 Å². The van der Waals surface area contributed by atoms with Crippen molar-refractivity contribution in [1.29, 1.82) is 0 Å². The second-order valence-electron chi connectivity index (χ2n) is 6.72. The largest absolute Gasteiger partial charge is 0.493 e. The highest BCUT2D eigenvalue weighted by molar-refractivity contribution is 6.30. The van der Waals surface area contributed by atoms with E-state index in [9.17, 15) is 14.4 Å². The predicted octanol–water partition coefficient (Wildman–Crippen LogP) is 0.981. The molecule has 1 N–H and O–H groups in total. The van der Waals surface area contributed by atoms with Crippen molar-refractivity contribution in [1.82, 2.24) is 24.0 Å². The van der Waals surface area contributed by atoms with E-state index in [4.69, 9.17) is 16.3 Å². The summed E-state index contributed by atoms with van der Waals surface area (Å²) in [6.07, 6.45) is 2.03. The van der Waals surface area contributed by atoms with Gasteiger partial charge in [-0.2, -0.15) is 0 Å². The monoisotopic (exact) mass is 419 g/mol. The Morgan fingerprint density at radius 3 is 2.76 bits per heavy atom. The molecular formula is C19H22ClN5O4. The molecular weight excluding hydrogens is 398 g/mol. The summed E-state index contributed by atoms with van der Waals surface area (Å²) in [5, 5.41) is 3.35. The molecule has 1 aromatic carbocycles. The van der Waals surface area contributed by atoms with Crippen LogP contribution in [0, 0.1) is 6.92 Å². The lowest BCUT2D eigenvalue weighted by Crippen LogP contribution is -2.43. The lowest BCUT2D eigenvalue weighted by atomic mass is 10.2. The molecule has 3 aromatic rings. The van der Waals surface area contributed by atoms with Crippen molar-refractivity contribution >= 4 is 28.7 Å². The van der Waals surface area contributed by atoms with Crippen LogP contribution in [0.5, 0.6) is 5.75 Å². The number of ether oxygens (including phenoxy) is 1. The van der Waals surface area contributed by atoms with E-state index in [-0.39, 0.29) is 17.7 Å². The summed E-state index contributed by atoms with van der Waals surface area (Å²) in [7, 11) is 3.18. The van der Waals surface area contributed by atoms with Gasteiger partial charge in [-0.15, -0.1) is 0 Å². The Labute approximate surface area is 171 Å². The second-order valence-corrected chi connectivity index (χ2v) is 7.16. The molecule has 0 spiro atoms. The molecule has 0 unspecified atom stereocenters. The van der Waals surface area contributed by atoms with Crippen LogP contribution in [0.2, 0.25) is 5.02 Å². The van der Waals surface area contributed by atoms with Crippen LogP contribution in [0.25, 0.3) is 11.2 Å². The SMILES string of the molecule is Cc1cc(Cl)ccc1OCCCNC(=O)Cn1c(=O)c2c(ncn2C)n(C)c1=O. The van der Waals surface area contributed by atoms with Gasteiger partial charge in [-0.05, 0) is 37.1 Å². The third kappa shape index (κ3) is 4.34. The first-order valence-corrected chi connectivity index (χ1v) is 9.44. The average Bonchev–Trinajstić information content (AvgIpc) is 3.06. The third-order valence-corrected chi connectivity index (χ3v) is 4.78. The zero-order valence-corrected chi connectivity index (χ0v) is 17.2. The molecule has 0 fully saturated rings. The molecule has 29 heavy (non-hydrogen) atoms. The number of hydrogen-bond acceptors (Lipinski definition) is 5. The van der Waals surface area contributed by atoms with E-state index in [0.717, 1.165) is 15.9 Å². The number of aryl methyl sites for hydroxylation is 3. The number of amides is 1. The zero-order chi connectivity index (χ0) is 21.1. The fourth-order valence-corrected chi connectivity index (χ4v) is 3.22. The summed E-state index contributed by atoms with van der Waals surface area (Å²) in [6.45, 7) is 2.31. The van der Waals surface area contributed by atoms with E-state index in [1.54, 1.807) is 19.2 Å². The van der Waals surface area contributed by atoms with Crippen LogP contribution in [0.1, 0.15) is 12.0 Å². The fraction of sp³-hybridized carbons (Fsp3) is 0.368. The van der Waals surface area contributed by atoms with E-state index in [1.807, 2.05) is 13.0 Å². The third-order valence-electron chi connectivity index (χ3n) is 4.54.